The number of fused-ring (bicyclic) bond motifs is 1. The number of benzene rings is 2. The average molecular weight is 476 g/mol. The number of rotatable bonds is 6. The number of halogens is 3. The summed E-state index contributed by atoms with van der Waals surface area (Å²) < 4.78 is 54.2. The van der Waals surface area contributed by atoms with Gasteiger partial charge in [0.25, 0.3) is 16.4 Å². The van der Waals surface area contributed by atoms with Gasteiger partial charge >= 0.3 is 5.97 Å². The molecule has 0 atom stereocenters. The minimum absolute atomic E-state index is 0.0996. The smallest absolute Gasteiger partial charge is 0.335 e. The van der Waals surface area contributed by atoms with Crippen LogP contribution < -0.4 is 4.31 Å². The number of hydrogen-bond acceptors (Lipinski definition) is 4. The van der Waals surface area contributed by atoms with Crippen molar-refractivity contribution in [2.24, 2.45) is 0 Å². The predicted molar refractivity (Wildman–Crippen MR) is 103 cm³/mol. The summed E-state index contributed by atoms with van der Waals surface area (Å²) in [6.07, 6.45) is -2.89. The number of thiophene rings is 1. The van der Waals surface area contributed by atoms with Crippen molar-refractivity contribution in [3.63, 3.8) is 0 Å². The summed E-state index contributed by atoms with van der Waals surface area (Å²) >= 11 is 4.40. The Balaban J connectivity index is 2.13. The first-order chi connectivity index (χ1) is 12.7. The topological polar surface area (TPSA) is 74.7 Å². The quantitative estimate of drug-likeness (QED) is 0.554. The lowest BCUT2D eigenvalue weighted by molar-refractivity contribution is 0.0696. The van der Waals surface area contributed by atoms with Crippen LogP contribution in [0.3, 0.4) is 0 Å². The molecule has 0 bridgehead atoms. The van der Waals surface area contributed by atoms with Crippen molar-refractivity contribution >= 4 is 58.3 Å². The lowest BCUT2D eigenvalue weighted by Crippen LogP contribution is -2.34. The summed E-state index contributed by atoms with van der Waals surface area (Å²) in [5, 5.41) is 9.79. The summed E-state index contributed by atoms with van der Waals surface area (Å²) in [4.78, 5) is 10.7. The highest BCUT2D eigenvalue weighted by Gasteiger charge is 2.31. The van der Waals surface area contributed by atoms with Crippen LogP contribution in [0, 0.1) is 0 Å². The van der Waals surface area contributed by atoms with Crippen molar-refractivity contribution in [1.29, 1.82) is 0 Å². The van der Waals surface area contributed by atoms with Crippen molar-refractivity contribution in [3.8, 4) is 0 Å². The van der Waals surface area contributed by atoms with Gasteiger partial charge in [-0.3, -0.25) is 4.31 Å². The molecule has 5 nitrogen and oxygen atoms in total. The second-order valence-corrected chi connectivity index (χ2v) is 9.16. The first-order valence-corrected chi connectivity index (χ1v) is 10.6. The third-order valence-electron chi connectivity index (χ3n) is 3.74. The van der Waals surface area contributed by atoms with Crippen LogP contribution in [0.25, 0.3) is 10.1 Å². The number of nitrogens with zero attached hydrogens (tertiary/aromatic N) is 1. The fourth-order valence-corrected chi connectivity index (χ4v) is 6.30. The van der Waals surface area contributed by atoms with Gasteiger partial charge in [-0.1, -0.05) is 18.2 Å². The lowest BCUT2D eigenvalue weighted by Gasteiger charge is -2.23. The van der Waals surface area contributed by atoms with E-state index in [9.17, 15) is 22.0 Å². The Morgan fingerprint density at radius 1 is 1.15 bits per heavy atom. The molecule has 0 unspecified atom stereocenters. The van der Waals surface area contributed by atoms with Crippen molar-refractivity contribution in [3.05, 3.63) is 58.6 Å². The SMILES string of the molecule is O=C(O)c1ccc(S(=O)(=O)N(CC(F)F)c2sc3ccccc3c2Br)cc1. The van der Waals surface area contributed by atoms with Crippen molar-refractivity contribution < 1.29 is 27.1 Å². The van der Waals surface area contributed by atoms with Gasteiger partial charge in [-0.25, -0.2) is 22.0 Å². The standard InChI is InChI=1S/C17H12BrF2NO4S2/c18-15-12-3-1-2-4-13(12)26-16(15)21(9-14(19)20)27(24,25)11-7-5-10(6-8-11)17(22)23/h1-8,14H,9H2,(H,22,23). The molecular formula is C17H12BrF2NO4S2. The number of carboxylic acids is 1. The molecule has 0 aliphatic heterocycles. The number of aromatic carboxylic acids is 1. The first kappa shape index (κ1) is 19.7. The highest BCUT2D eigenvalue weighted by Crippen LogP contribution is 2.44. The van der Waals surface area contributed by atoms with Crippen LogP contribution in [0.4, 0.5) is 13.8 Å². The number of hydrogen-bond donors (Lipinski definition) is 1. The third-order valence-corrected chi connectivity index (χ3v) is 7.89. The molecule has 0 saturated heterocycles. The second-order valence-electron chi connectivity index (χ2n) is 5.47. The summed E-state index contributed by atoms with van der Waals surface area (Å²) in [7, 11) is -4.32. The Hall–Kier alpha value is -2.04. The largest absolute Gasteiger partial charge is 0.478 e. The predicted octanol–water partition coefficient (Wildman–Crippen LogP) is 4.82. The fraction of sp³-hybridized carbons (Fsp3) is 0.118. The maximum atomic E-state index is 13.2. The van der Waals surface area contributed by atoms with Crippen molar-refractivity contribution in [2.75, 3.05) is 10.8 Å². The molecule has 142 valence electrons. The van der Waals surface area contributed by atoms with Gasteiger partial charge in [0.05, 0.1) is 21.5 Å². The zero-order valence-electron chi connectivity index (χ0n) is 13.5. The third kappa shape index (κ3) is 3.83. The molecule has 0 radical (unpaired) electrons. The van der Waals surface area contributed by atoms with Gasteiger partial charge < -0.3 is 5.11 Å². The van der Waals surface area contributed by atoms with E-state index in [2.05, 4.69) is 15.9 Å². The molecule has 3 aromatic rings. The monoisotopic (exact) mass is 475 g/mol. The molecule has 1 aromatic heterocycles. The molecule has 2 aromatic carbocycles. The van der Waals surface area contributed by atoms with Crippen LogP contribution in [0.15, 0.2) is 57.9 Å². The molecular weight excluding hydrogens is 464 g/mol. The Morgan fingerprint density at radius 3 is 2.33 bits per heavy atom. The molecule has 27 heavy (non-hydrogen) atoms. The van der Waals surface area contributed by atoms with E-state index in [4.69, 9.17) is 5.11 Å². The Kier molecular flexibility index (Phi) is 5.50. The minimum Gasteiger partial charge on any atom is -0.478 e. The number of carboxylic acid groups (broad SMARTS) is 1. The van der Waals surface area contributed by atoms with Gasteiger partial charge in [-0.05, 0) is 46.3 Å². The van der Waals surface area contributed by atoms with E-state index in [1.165, 1.54) is 0 Å². The number of alkyl halides is 2. The average Bonchev–Trinajstić information content (AvgIpc) is 2.96. The van der Waals surface area contributed by atoms with Crippen LogP contribution in [0.1, 0.15) is 10.4 Å². The lowest BCUT2D eigenvalue weighted by atomic mass is 10.2. The molecule has 1 heterocycles. The molecule has 0 aliphatic carbocycles. The highest BCUT2D eigenvalue weighted by atomic mass is 79.9. The van der Waals surface area contributed by atoms with Gasteiger partial charge in [-0.2, -0.15) is 0 Å². The molecule has 0 aliphatic rings. The minimum atomic E-state index is -4.32. The fourth-order valence-electron chi connectivity index (χ4n) is 2.47. The maximum absolute atomic E-state index is 13.2. The van der Waals surface area contributed by atoms with Crippen LogP contribution in [0.5, 0.6) is 0 Å². The molecule has 3 rings (SSSR count). The van der Waals surface area contributed by atoms with Gasteiger partial charge in [0.15, 0.2) is 0 Å². The summed E-state index contributed by atoms with van der Waals surface area (Å²) in [5.74, 6) is -1.21. The first-order valence-electron chi connectivity index (χ1n) is 7.53. The van der Waals surface area contributed by atoms with E-state index in [1.807, 2.05) is 0 Å². The summed E-state index contributed by atoms with van der Waals surface area (Å²) in [5.41, 5.74) is -0.0996. The number of carbonyl (C=O) groups is 1. The van der Waals surface area contributed by atoms with Crippen LogP contribution in [-0.4, -0.2) is 32.5 Å². The molecule has 0 saturated carbocycles. The van der Waals surface area contributed by atoms with Crippen molar-refractivity contribution in [2.45, 2.75) is 11.3 Å². The summed E-state index contributed by atoms with van der Waals surface area (Å²) in [6.45, 7) is -1.02. The van der Waals surface area contributed by atoms with E-state index < -0.39 is 29.0 Å². The zero-order valence-corrected chi connectivity index (χ0v) is 16.7. The van der Waals surface area contributed by atoms with Crippen LogP contribution in [-0.2, 0) is 10.0 Å². The van der Waals surface area contributed by atoms with Crippen LogP contribution >= 0.6 is 27.3 Å². The molecule has 10 heteroatoms. The van der Waals surface area contributed by atoms with Crippen molar-refractivity contribution in [1.82, 2.24) is 0 Å². The number of anilines is 1. The second kappa shape index (κ2) is 7.53. The number of sulfonamides is 1. The zero-order chi connectivity index (χ0) is 19.8. The Labute approximate surface area is 166 Å². The molecule has 0 amide bonds. The van der Waals surface area contributed by atoms with E-state index in [0.29, 0.717) is 14.2 Å². The van der Waals surface area contributed by atoms with Gasteiger partial charge in [0, 0.05) is 10.1 Å². The Morgan fingerprint density at radius 2 is 1.78 bits per heavy atom. The van der Waals surface area contributed by atoms with E-state index >= 15 is 0 Å². The van der Waals surface area contributed by atoms with Gasteiger partial charge in [-0.15, -0.1) is 11.3 Å². The molecule has 1 N–H and O–H groups in total. The van der Waals surface area contributed by atoms with Gasteiger partial charge in [0.2, 0.25) is 0 Å². The van der Waals surface area contributed by atoms with Gasteiger partial charge in [0.1, 0.15) is 5.00 Å². The molecule has 0 fully saturated rings. The van der Waals surface area contributed by atoms with E-state index in [1.54, 1.807) is 24.3 Å². The van der Waals surface area contributed by atoms with E-state index in [-0.39, 0.29) is 15.5 Å². The molecule has 0 spiro atoms. The van der Waals surface area contributed by atoms with Crippen LogP contribution in [0.2, 0.25) is 0 Å². The normalized spacial score (nSPS) is 11.9. The van der Waals surface area contributed by atoms with E-state index in [0.717, 1.165) is 40.3 Å². The Bertz CT molecular complexity index is 1100. The highest BCUT2D eigenvalue weighted by molar-refractivity contribution is 9.10. The maximum Gasteiger partial charge on any atom is 0.335 e. The summed E-state index contributed by atoms with van der Waals surface area (Å²) in [6, 6.07) is 11.5.